The molecule has 29 heavy (non-hydrogen) atoms. The number of nitrogens with zero attached hydrogens (tertiary/aromatic N) is 4. The van der Waals surface area contributed by atoms with E-state index in [4.69, 9.17) is 5.73 Å². The number of benzene rings is 2. The number of nitro groups is 1. The fraction of sp³-hybridized carbons (Fsp3) is 0.111. The van der Waals surface area contributed by atoms with Gasteiger partial charge in [-0.1, -0.05) is 17.8 Å². The summed E-state index contributed by atoms with van der Waals surface area (Å²) < 4.78 is 0. The maximum atomic E-state index is 12.6. The molecule has 148 valence electrons. The van der Waals surface area contributed by atoms with Crippen LogP contribution < -0.4 is 10.6 Å². The number of aromatic hydroxyl groups is 1. The van der Waals surface area contributed by atoms with Crippen molar-refractivity contribution < 1.29 is 19.6 Å². The van der Waals surface area contributed by atoms with E-state index in [1.807, 2.05) is 0 Å². The van der Waals surface area contributed by atoms with Crippen LogP contribution in [-0.2, 0) is 9.59 Å². The lowest BCUT2D eigenvalue weighted by molar-refractivity contribution is -0.384. The van der Waals surface area contributed by atoms with Gasteiger partial charge < -0.3 is 10.8 Å². The topological polar surface area (TPSA) is 151 Å². The van der Waals surface area contributed by atoms with Gasteiger partial charge in [0.25, 0.3) is 5.69 Å². The van der Waals surface area contributed by atoms with Gasteiger partial charge in [-0.15, -0.1) is 5.10 Å². The number of amides is 2. The van der Waals surface area contributed by atoms with E-state index in [1.165, 1.54) is 42.6 Å². The molecule has 1 heterocycles. The molecule has 0 spiro atoms. The highest BCUT2D eigenvalue weighted by Gasteiger charge is 2.41. The zero-order valence-corrected chi connectivity index (χ0v) is 15.7. The third-order valence-corrected chi connectivity index (χ3v) is 4.90. The molecule has 3 rings (SSSR count). The molecule has 2 aromatic rings. The standard InChI is InChI=1S/C18H15N5O5S/c19-18(21-20-10-11-4-6-14(24)7-5-11)29-15-9-16(25)22(17(15)26)12-2-1-3-13(8-12)23(27)28/h1-8,10,15,24H,9H2,(H2,19,21)/b20-10-/t15-/m1/s1. The van der Waals surface area contributed by atoms with Gasteiger partial charge in [0.15, 0.2) is 5.17 Å². The summed E-state index contributed by atoms with van der Waals surface area (Å²) in [6, 6.07) is 11.6. The lowest BCUT2D eigenvalue weighted by atomic mass is 10.2. The van der Waals surface area contributed by atoms with Crippen LogP contribution in [0, 0.1) is 10.1 Å². The summed E-state index contributed by atoms with van der Waals surface area (Å²) in [6.07, 6.45) is 1.31. The number of anilines is 1. The predicted molar refractivity (Wildman–Crippen MR) is 109 cm³/mol. The summed E-state index contributed by atoms with van der Waals surface area (Å²) >= 11 is 0.894. The number of nitrogens with two attached hydrogens (primary N) is 1. The van der Waals surface area contributed by atoms with E-state index in [1.54, 1.807) is 12.1 Å². The van der Waals surface area contributed by atoms with Crippen LogP contribution in [0.3, 0.4) is 0 Å². The highest BCUT2D eigenvalue weighted by Crippen LogP contribution is 2.31. The molecule has 1 saturated heterocycles. The van der Waals surface area contributed by atoms with Gasteiger partial charge in [0.2, 0.25) is 11.8 Å². The lowest BCUT2D eigenvalue weighted by Gasteiger charge is -2.14. The van der Waals surface area contributed by atoms with Crippen molar-refractivity contribution in [2.45, 2.75) is 11.7 Å². The third kappa shape index (κ3) is 4.76. The second-order valence-electron chi connectivity index (χ2n) is 5.93. The van der Waals surface area contributed by atoms with Crippen LogP contribution in [0.1, 0.15) is 12.0 Å². The molecule has 0 aliphatic carbocycles. The summed E-state index contributed by atoms with van der Waals surface area (Å²) in [5, 5.41) is 27.0. The fourth-order valence-electron chi connectivity index (χ4n) is 2.60. The minimum absolute atomic E-state index is 0.00734. The molecule has 1 aliphatic rings. The number of phenolic OH excluding ortho intramolecular Hbond substituents is 1. The van der Waals surface area contributed by atoms with Gasteiger partial charge in [-0.05, 0) is 35.9 Å². The fourth-order valence-corrected chi connectivity index (χ4v) is 3.41. The summed E-state index contributed by atoms with van der Waals surface area (Å²) in [4.78, 5) is 36.1. The zero-order chi connectivity index (χ0) is 21.0. The van der Waals surface area contributed by atoms with Gasteiger partial charge >= 0.3 is 0 Å². The van der Waals surface area contributed by atoms with Crippen LogP contribution in [0.4, 0.5) is 11.4 Å². The predicted octanol–water partition coefficient (Wildman–Crippen LogP) is 2.01. The Balaban J connectivity index is 1.68. The van der Waals surface area contributed by atoms with Crippen molar-refractivity contribution in [3.8, 4) is 5.75 Å². The molecule has 1 atom stereocenters. The van der Waals surface area contributed by atoms with Crippen LogP contribution in [-0.4, -0.2) is 38.5 Å². The van der Waals surface area contributed by atoms with E-state index >= 15 is 0 Å². The van der Waals surface area contributed by atoms with E-state index in [0.717, 1.165) is 16.7 Å². The maximum Gasteiger partial charge on any atom is 0.271 e. The first kappa shape index (κ1) is 20.0. The Bertz CT molecular complexity index is 1020. The Morgan fingerprint density at radius 3 is 2.69 bits per heavy atom. The van der Waals surface area contributed by atoms with Gasteiger partial charge in [-0.3, -0.25) is 19.7 Å². The first-order valence-electron chi connectivity index (χ1n) is 8.28. The number of thioether (sulfide) groups is 1. The van der Waals surface area contributed by atoms with E-state index < -0.39 is 22.0 Å². The normalized spacial score (nSPS) is 17.3. The Morgan fingerprint density at radius 2 is 2.00 bits per heavy atom. The molecule has 2 aromatic carbocycles. The van der Waals surface area contributed by atoms with E-state index in [9.17, 15) is 24.8 Å². The van der Waals surface area contributed by atoms with Crippen molar-refractivity contribution in [3.63, 3.8) is 0 Å². The van der Waals surface area contributed by atoms with Crippen LogP contribution in [0.25, 0.3) is 0 Å². The Kier molecular flexibility index (Phi) is 5.88. The summed E-state index contributed by atoms with van der Waals surface area (Å²) in [5.41, 5.74) is 6.39. The maximum absolute atomic E-state index is 12.6. The van der Waals surface area contributed by atoms with Gasteiger partial charge in [0.1, 0.15) is 11.0 Å². The quantitative estimate of drug-likeness (QED) is 0.250. The van der Waals surface area contributed by atoms with Crippen molar-refractivity contribution in [2.24, 2.45) is 15.9 Å². The second-order valence-corrected chi connectivity index (χ2v) is 7.15. The number of carbonyl (C=O) groups is 2. The molecule has 0 aromatic heterocycles. The number of nitro benzene ring substituents is 1. The molecule has 1 aliphatic heterocycles. The van der Waals surface area contributed by atoms with E-state index in [2.05, 4.69) is 10.2 Å². The molecule has 2 amide bonds. The lowest BCUT2D eigenvalue weighted by Crippen LogP contribution is -2.31. The second kappa shape index (κ2) is 8.52. The highest BCUT2D eigenvalue weighted by atomic mass is 32.2. The number of carbonyl (C=O) groups excluding carboxylic acids is 2. The van der Waals surface area contributed by atoms with Crippen molar-refractivity contribution >= 4 is 46.3 Å². The van der Waals surface area contributed by atoms with Gasteiger partial charge in [-0.2, -0.15) is 5.10 Å². The zero-order valence-electron chi connectivity index (χ0n) is 14.8. The molecule has 11 heteroatoms. The molecular formula is C18H15N5O5S. The molecule has 0 radical (unpaired) electrons. The number of hydrogen-bond donors (Lipinski definition) is 2. The number of hydrogen-bond acceptors (Lipinski definition) is 8. The van der Waals surface area contributed by atoms with Crippen molar-refractivity contribution in [2.75, 3.05) is 4.90 Å². The molecule has 0 unspecified atom stereocenters. The van der Waals surface area contributed by atoms with E-state index in [0.29, 0.717) is 5.56 Å². The smallest absolute Gasteiger partial charge is 0.271 e. The minimum atomic E-state index is -0.797. The summed E-state index contributed by atoms with van der Waals surface area (Å²) in [6.45, 7) is 0. The molecule has 1 fully saturated rings. The first-order chi connectivity index (χ1) is 13.8. The number of amidine groups is 1. The Labute approximate surface area is 168 Å². The van der Waals surface area contributed by atoms with Crippen LogP contribution in [0.2, 0.25) is 0 Å². The summed E-state index contributed by atoms with van der Waals surface area (Å²) in [7, 11) is 0. The number of phenols is 1. The van der Waals surface area contributed by atoms with Crippen molar-refractivity contribution in [3.05, 3.63) is 64.2 Å². The minimum Gasteiger partial charge on any atom is -0.508 e. The Hall–Kier alpha value is -3.73. The largest absolute Gasteiger partial charge is 0.508 e. The van der Waals surface area contributed by atoms with Gasteiger partial charge in [0, 0.05) is 18.6 Å². The highest BCUT2D eigenvalue weighted by molar-refractivity contribution is 8.14. The van der Waals surface area contributed by atoms with E-state index in [-0.39, 0.29) is 28.7 Å². The number of rotatable bonds is 5. The van der Waals surface area contributed by atoms with Crippen LogP contribution >= 0.6 is 11.8 Å². The van der Waals surface area contributed by atoms with Gasteiger partial charge in [0.05, 0.1) is 16.8 Å². The third-order valence-electron chi connectivity index (χ3n) is 3.92. The molecule has 0 bridgehead atoms. The van der Waals surface area contributed by atoms with Crippen molar-refractivity contribution in [1.82, 2.24) is 0 Å². The number of non-ortho nitro benzene ring substituents is 1. The van der Waals surface area contributed by atoms with Crippen molar-refractivity contribution in [1.29, 1.82) is 0 Å². The monoisotopic (exact) mass is 413 g/mol. The molecular weight excluding hydrogens is 398 g/mol. The number of imide groups is 1. The molecule has 3 N–H and O–H groups in total. The van der Waals surface area contributed by atoms with Crippen LogP contribution in [0.15, 0.2) is 58.7 Å². The Morgan fingerprint density at radius 1 is 1.28 bits per heavy atom. The summed E-state index contributed by atoms with van der Waals surface area (Å²) in [5.74, 6) is -0.881. The average molecular weight is 413 g/mol. The SMILES string of the molecule is NC(=N/N=C\c1ccc(O)cc1)S[C@@H]1CC(=O)N(c2cccc([N+](=O)[O-])c2)C1=O. The average Bonchev–Trinajstić information content (AvgIpc) is 2.96. The molecule has 0 saturated carbocycles. The molecule has 10 nitrogen and oxygen atoms in total. The van der Waals surface area contributed by atoms with Gasteiger partial charge in [-0.25, -0.2) is 4.90 Å². The first-order valence-corrected chi connectivity index (χ1v) is 9.16. The van der Waals surface area contributed by atoms with Crippen LogP contribution in [0.5, 0.6) is 5.75 Å².